The Bertz CT molecular complexity index is 561. The standard InChI is InChI=1S/C16H21N3/c1-12-5-4-6-13(11-17)19(12)16-9-10-18-15-8-3-2-7-14(15)16/h2-3,7-10,12-13H,4-6,11,17H2,1H3. The van der Waals surface area contributed by atoms with Gasteiger partial charge in [-0.3, -0.25) is 4.98 Å². The average molecular weight is 255 g/mol. The molecule has 2 heterocycles. The number of rotatable bonds is 2. The monoisotopic (exact) mass is 255 g/mol. The topological polar surface area (TPSA) is 42.1 Å². The maximum absolute atomic E-state index is 5.98. The molecule has 100 valence electrons. The summed E-state index contributed by atoms with van der Waals surface area (Å²) in [6, 6.07) is 11.5. The van der Waals surface area contributed by atoms with Crippen LogP contribution in [0.25, 0.3) is 10.9 Å². The van der Waals surface area contributed by atoms with Crippen molar-refractivity contribution in [3.05, 3.63) is 36.5 Å². The number of nitrogens with zero attached hydrogens (tertiary/aromatic N) is 2. The van der Waals surface area contributed by atoms with Crippen molar-refractivity contribution in [3.63, 3.8) is 0 Å². The van der Waals surface area contributed by atoms with Crippen LogP contribution in [-0.4, -0.2) is 23.6 Å². The highest BCUT2D eigenvalue weighted by Gasteiger charge is 2.28. The highest BCUT2D eigenvalue weighted by molar-refractivity contribution is 5.91. The summed E-state index contributed by atoms with van der Waals surface area (Å²) in [5, 5.41) is 1.23. The SMILES string of the molecule is CC1CCCC(CN)N1c1ccnc2ccccc12. The molecule has 1 aliphatic rings. The molecule has 1 aliphatic heterocycles. The van der Waals surface area contributed by atoms with Gasteiger partial charge in [-0.1, -0.05) is 18.2 Å². The average Bonchev–Trinajstić information content (AvgIpc) is 2.46. The van der Waals surface area contributed by atoms with E-state index >= 15 is 0 Å². The van der Waals surface area contributed by atoms with Gasteiger partial charge in [0.05, 0.1) is 5.52 Å². The second-order valence-electron chi connectivity index (χ2n) is 5.42. The van der Waals surface area contributed by atoms with Crippen LogP contribution in [0.15, 0.2) is 36.5 Å². The highest BCUT2D eigenvalue weighted by Crippen LogP contribution is 2.33. The van der Waals surface area contributed by atoms with Gasteiger partial charge in [0.25, 0.3) is 0 Å². The van der Waals surface area contributed by atoms with E-state index in [9.17, 15) is 0 Å². The summed E-state index contributed by atoms with van der Waals surface area (Å²) in [5.41, 5.74) is 8.33. The van der Waals surface area contributed by atoms with Gasteiger partial charge < -0.3 is 10.6 Å². The fourth-order valence-electron chi connectivity index (χ4n) is 3.26. The Morgan fingerprint density at radius 1 is 1.26 bits per heavy atom. The van der Waals surface area contributed by atoms with Crippen LogP contribution in [-0.2, 0) is 0 Å². The number of anilines is 1. The van der Waals surface area contributed by atoms with Crippen molar-refractivity contribution in [3.8, 4) is 0 Å². The minimum absolute atomic E-state index is 0.453. The third-order valence-electron chi connectivity index (χ3n) is 4.20. The maximum atomic E-state index is 5.98. The number of benzene rings is 1. The van der Waals surface area contributed by atoms with E-state index in [0.717, 1.165) is 12.1 Å². The molecule has 3 rings (SSSR count). The molecular formula is C16H21N3. The molecule has 19 heavy (non-hydrogen) atoms. The molecule has 2 N–H and O–H groups in total. The molecule has 1 fully saturated rings. The molecule has 0 radical (unpaired) electrons. The van der Waals surface area contributed by atoms with Crippen LogP contribution in [0.5, 0.6) is 0 Å². The van der Waals surface area contributed by atoms with E-state index in [0.29, 0.717) is 12.1 Å². The van der Waals surface area contributed by atoms with Crippen molar-refractivity contribution in [2.45, 2.75) is 38.3 Å². The van der Waals surface area contributed by atoms with Crippen LogP contribution in [0.1, 0.15) is 26.2 Å². The molecule has 0 saturated carbocycles. The van der Waals surface area contributed by atoms with E-state index in [1.165, 1.54) is 30.3 Å². The first-order valence-corrected chi connectivity index (χ1v) is 7.13. The fraction of sp³-hybridized carbons (Fsp3) is 0.438. The van der Waals surface area contributed by atoms with Gasteiger partial charge in [-0.15, -0.1) is 0 Å². The zero-order valence-electron chi connectivity index (χ0n) is 11.4. The Morgan fingerprint density at radius 2 is 2.11 bits per heavy atom. The summed E-state index contributed by atoms with van der Waals surface area (Å²) in [4.78, 5) is 6.96. The number of hydrogen-bond acceptors (Lipinski definition) is 3. The number of para-hydroxylation sites is 1. The lowest BCUT2D eigenvalue weighted by Crippen LogP contribution is -2.49. The van der Waals surface area contributed by atoms with Gasteiger partial charge in [-0.05, 0) is 38.3 Å². The number of nitrogens with two attached hydrogens (primary N) is 1. The third-order valence-corrected chi connectivity index (χ3v) is 4.20. The quantitative estimate of drug-likeness (QED) is 0.897. The lowest BCUT2D eigenvalue weighted by atomic mass is 9.95. The van der Waals surface area contributed by atoms with E-state index in [2.05, 4.69) is 41.1 Å². The molecule has 2 aromatic rings. The third kappa shape index (κ3) is 2.19. The van der Waals surface area contributed by atoms with E-state index in [1.54, 1.807) is 0 Å². The van der Waals surface area contributed by atoms with Crippen molar-refractivity contribution >= 4 is 16.6 Å². The molecule has 3 heteroatoms. The lowest BCUT2D eigenvalue weighted by Gasteiger charge is -2.42. The minimum Gasteiger partial charge on any atom is -0.364 e. The van der Waals surface area contributed by atoms with Crippen LogP contribution in [0.2, 0.25) is 0 Å². The van der Waals surface area contributed by atoms with E-state index in [1.807, 2.05) is 12.3 Å². The number of pyridine rings is 1. The van der Waals surface area contributed by atoms with E-state index in [-0.39, 0.29) is 0 Å². The van der Waals surface area contributed by atoms with Crippen molar-refractivity contribution in [2.75, 3.05) is 11.4 Å². The first-order chi connectivity index (χ1) is 9.31. The smallest absolute Gasteiger partial charge is 0.0722 e. The second kappa shape index (κ2) is 5.17. The summed E-state index contributed by atoms with van der Waals surface area (Å²) in [5.74, 6) is 0. The van der Waals surface area contributed by atoms with Gasteiger partial charge in [0.15, 0.2) is 0 Å². The molecule has 3 nitrogen and oxygen atoms in total. The Labute approximate surface area is 114 Å². The van der Waals surface area contributed by atoms with E-state index < -0.39 is 0 Å². The Kier molecular flexibility index (Phi) is 3.38. The fourth-order valence-corrected chi connectivity index (χ4v) is 3.26. The van der Waals surface area contributed by atoms with Crippen LogP contribution in [0, 0.1) is 0 Å². The van der Waals surface area contributed by atoms with Crippen LogP contribution < -0.4 is 10.6 Å². The van der Waals surface area contributed by atoms with Crippen molar-refractivity contribution < 1.29 is 0 Å². The van der Waals surface area contributed by atoms with Crippen molar-refractivity contribution in [1.82, 2.24) is 4.98 Å². The Balaban J connectivity index is 2.11. The summed E-state index contributed by atoms with van der Waals surface area (Å²) in [6.45, 7) is 3.03. The molecule has 0 spiro atoms. The molecular weight excluding hydrogens is 234 g/mol. The van der Waals surface area contributed by atoms with Gasteiger partial charge in [0.1, 0.15) is 0 Å². The molecule has 0 bridgehead atoms. The molecule has 2 unspecified atom stereocenters. The van der Waals surface area contributed by atoms with Crippen molar-refractivity contribution in [2.24, 2.45) is 5.73 Å². The largest absolute Gasteiger partial charge is 0.364 e. The zero-order chi connectivity index (χ0) is 13.2. The first-order valence-electron chi connectivity index (χ1n) is 7.13. The summed E-state index contributed by atoms with van der Waals surface area (Å²) >= 11 is 0. The van der Waals surface area contributed by atoms with Gasteiger partial charge in [0.2, 0.25) is 0 Å². The van der Waals surface area contributed by atoms with Crippen LogP contribution >= 0.6 is 0 Å². The molecule has 1 saturated heterocycles. The van der Waals surface area contributed by atoms with E-state index in [4.69, 9.17) is 5.73 Å². The predicted octanol–water partition coefficient (Wildman–Crippen LogP) is 2.94. The van der Waals surface area contributed by atoms with Gasteiger partial charge in [-0.2, -0.15) is 0 Å². The number of aromatic nitrogens is 1. The minimum atomic E-state index is 0.453. The van der Waals surface area contributed by atoms with Gasteiger partial charge in [0, 0.05) is 35.9 Å². The highest BCUT2D eigenvalue weighted by atomic mass is 15.2. The molecule has 2 atom stereocenters. The molecule has 0 aliphatic carbocycles. The Morgan fingerprint density at radius 3 is 2.95 bits per heavy atom. The molecule has 1 aromatic heterocycles. The second-order valence-corrected chi connectivity index (χ2v) is 5.42. The van der Waals surface area contributed by atoms with Gasteiger partial charge >= 0.3 is 0 Å². The predicted molar refractivity (Wildman–Crippen MR) is 80.4 cm³/mol. The summed E-state index contributed by atoms with van der Waals surface area (Å²) in [6.07, 6.45) is 5.62. The normalized spacial score (nSPS) is 23.8. The van der Waals surface area contributed by atoms with Crippen LogP contribution in [0.4, 0.5) is 5.69 Å². The summed E-state index contributed by atoms with van der Waals surface area (Å²) < 4.78 is 0. The van der Waals surface area contributed by atoms with Gasteiger partial charge in [-0.25, -0.2) is 0 Å². The summed E-state index contributed by atoms with van der Waals surface area (Å²) in [7, 11) is 0. The Hall–Kier alpha value is -1.61. The van der Waals surface area contributed by atoms with Crippen LogP contribution in [0.3, 0.4) is 0 Å². The molecule has 1 aromatic carbocycles. The maximum Gasteiger partial charge on any atom is 0.0722 e. The molecule has 0 amide bonds. The number of piperidine rings is 1. The lowest BCUT2D eigenvalue weighted by molar-refractivity contribution is 0.401. The number of hydrogen-bond donors (Lipinski definition) is 1. The zero-order valence-corrected chi connectivity index (χ0v) is 11.4. The first kappa shape index (κ1) is 12.4. The van der Waals surface area contributed by atoms with Crippen molar-refractivity contribution in [1.29, 1.82) is 0 Å². The number of fused-ring (bicyclic) bond motifs is 1.